The molecule has 0 saturated heterocycles. The van der Waals surface area contributed by atoms with E-state index in [-0.39, 0.29) is 0 Å². The van der Waals surface area contributed by atoms with Gasteiger partial charge in [0.25, 0.3) is 0 Å². The smallest absolute Gasteiger partial charge is 0.130 e. The maximum Gasteiger partial charge on any atom is 0.130 e. The van der Waals surface area contributed by atoms with Crippen molar-refractivity contribution >= 4 is 34.6 Å². The fraction of sp³-hybridized carbons (Fsp3) is 0.211. The second-order valence-electron chi connectivity index (χ2n) is 5.75. The summed E-state index contributed by atoms with van der Waals surface area (Å²) in [5, 5.41) is 14.2. The molecule has 6 heteroatoms. The van der Waals surface area contributed by atoms with Gasteiger partial charge < -0.3 is 0 Å². The maximum absolute atomic E-state index is 6.02. The summed E-state index contributed by atoms with van der Waals surface area (Å²) in [7, 11) is 0. The normalized spacial score (nSPS) is 11.4. The van der Waals surface area contributed by atoms with Crippen molar-refractivity contribution in [2.24, 2.45) is 10.2 Å². The molecule has 0 bridgehead atoms. The zero-order chi connectivity index (χ0) is 18.0. The minimum atomic E-state index is 0.457. The number of hydrogen-bond donors (Lipinski definition) is 0. The third-order valence-corrected chi connectivity index (χ3v) is 4.75. The van der Waals surface area contributed by atoms with Gasteiger partial charge >= 0.3 is 0 Å². The van der Waals surface area contributed by atoms with Crippen molar-refractivity contribution in [2.75, 3.05) is 0 Å². The van der Waals surface area contributed by atoms with Crippen LogP contribution in [0.3, 0.4) is 0 Å². The Balaban J connectivity index is 1.93. The number of aryl methyl sites for hydroxylation is 2. The quantitative estimate of drug-likeness (QED) is 0.465. The highest BCUT2D eigenvalue weighted by atomic mass is 35.5. The third-order valence-electron chi connectivity index (χ3n) is 4.01. The summed E-state index contributed by atoms with van der Waals surface area (Å²) in [5.74, 6) is 0. The van der Waals surface area contributed by atoms with Crippen LogP contribution >= 0.6 is 23.2 Å². The van der Waals surface area contributed by atoms with Crippen LogP contribution in [0, 0.1) is 13.8 Å². The Hall–Kier alpha value is -2.17. The third kappa shape index (κ3) is 3.75. The van der Waals surface area contributed by atoms with E-state index in [0.717, 1.165) is 29.2 Å². The Morgan fingerprint density at radius 1 is 0.960 bits per heavy atom. The Morgan fingerprint density at radius 3 is 2.32 bits per heavy atom. The average Bonchev–Trinajstić information content (AvgIpc) is 2.90. The van der Waals surface area contributed by atoms with Gasteiger partial charge in [-0.3, -0.25) is 0 Å². The zero-order valence-corrected chi connectivity index (χ0v) is 15.8. The van der Waals surface area contributed by atoms with Gasteiger partial charge in [-0.2, -0.15) is 10.2 Å². The Bertz CT molecular complexity index is 927. The molecule has 3 aromatic rings. The number of benzene rings is 2. The largest absolute Gasteiger partial charge is 0.236 e. The first-order valence-corrected chi connectivity index (χ1v) is 8.77. The van der Waals surface area contributed by atoms with Crippen molar-refractivity contribution in [3.63, 3.8) is 0 Å². The second kappa shape index (κ2) is 7.38. The summed E-state index contributed by atoms with van der Waals surface area (Å²) in [6.07, 6.45) is 1.01. The summed E-state index contributed by atoms with van der Waals surface area (Å²) in [6, 6.07) is 13.5. The van der Waals surface area contributed by atoms with Gasteiger partial charge in [-0.15, -0.1) is 5.11 Å². The molecule has 1 aromatic heterocycles. The molecular weight excluding hydrogens is 355 g/mol. The molecule has 0 unspecified atom stereocenters. The van der Waals surface area contributed by atoms with Crippen LogP contribution in [0.1, 0.15) is 23.9 Å². The molecule has 0 fully saturated rings. The van der Waals surface area contributed by atoms with Gasteiger partial charge in [0.15, 0.2) is 0 Å². The number of halogens is 2. The molecule has 0 atom stereocenters. The van der Waals surface area contributed by atoms with Gasteiger partial charge in [0.1, 0.15) is 5.69 Å². The standard InChI is InChI=1S/C19H18Cl2N4/c1-4-14-5-8-16(9-6-14)25-13(3)19(12(2)24-25)23-22-15-7-10-17(20)18(21)11-15/h5-11H,4H2,1-3H3. The fourth-order valence-corrected chi connectivity index (χ4v) is 2.85. The highest BCUT2D eigenvalue weighted by Gasteiger charge is 2.12. The van der Waals surface area contributed by atoms with Crippen molar-refractivity contribution < 1.29 is 0 Å². The molecule has 4 nitrogen and oxygen atoms in total. The summed E-state index contributed by atoms with van der Waals surface area (Å²) in [4.78, 5) is 0. The molecule has 1 heterocycles. The maximum atomic E-state index is 6.02. The van der Waals surface area contributed by atoms with Crippen LogP contribution in [0.15, 0.2) is 52.7 Å². The van der Waals surface area contributed by atoms with E-state index in [9.17, 15) is 0 Å². The number of azo groups is 1. The summed E-state index contributed by atoms with van der Waals surface area (Å²) in [6.45, 7) is 6.05. The van der Waals surface area contributed by atoms with E-state index in [2.05, 4.69) is 46.5 Å². The minimum Gasteiger partial charge on any atom is -0.236 e. The molecule has 2 aromatic carbocycles. The van der Waals surface area contributed by atoms with Crippen LogP contribution in [0.5, 0.6) is 0 Å². The Kier molecular flexibility index (Phi) is 5.21. The van der Waals surface area contributed by atoms with Crippen molar-refractivity contribution in [1.29, 1.82) is 0 Å². The predicted octanol–water partition coefficient (Wildman–Crippen LogP) is 6.77. The van der Waals surface area contributed by atoms with E-state index < -0.39 is 0 Å². The lowest BCUT2D eigenvalue weighted by Crippen LogP contribution is -1.98. The van der Waals surface area contributed by atoms with Gasteiger partial charge in [0, 0.05) is 0 Å². The number of hydrogen-bond acceptors (Lipinski definition) is 3. The van der Waals surface area contributed by atoms with Crippen molar-refractivity contribution in [3.05, 3.63) is 69.5 Å². The van der Waals surface area contributed by atoms with Crippen LogP contribution in [-0.2, 0) is 6.42 Å². The molecule has 0 N–H and O–H groups in total. The van der Waals surface area contributed by atoms with Gasteiger partial charge in [-0.25, -0.2) is 4.68 Å². The van der Waals surface area contributed by atoms with Crippen LogP contribution < -0.4 is 0 Å². The van der Waals surface area contributed by atoms with Gasteiger partial charge in [-0.1, -0.05) is 42.3 Å². The molecule has 0 radical (unpaired) electrons. The minimum absolute atomic E-state index is 0.457. The molecule has 0 saturated carbocycles. The zero-order valence-electron chi connectivity index (χ0n) is 14.3. The highest BCUT2D eigenvalue weighted by molar-refractivity contribution is 6.42. The number of aromatic nitrogens is 2. The molecular formula is C19H18Cl2N4. The first-order chi connectivity index (χ1) is 12.0. The van der Waals surface area contributed by atoms with Crippen LogP contribution in [-0.4, -0.2) is 9.78 Å². The monoisotopic (exact) mass is 372 g/mol. The average molecular weight is 373 g/mol. The molecule has 128 valence electrons. The summed E-state index contributed by atoms with van der Waals surface area (Å²) < 4.78 is 1.89. The van der Waals surface area contributed by atoms with Gasteiger partial charge in [0.2, 0.25) is 0 Å². The van der Waals surface area contributed by atoms with E-state index in [1.165, 1.54) is 5.56 Å². The van der Waals surface area contributed by atoms with E-state index in [1.54, 1.807) is 18.2 Å². The lowest BCUT2D eigenvalue weighted by atomic mass is 10.1. The lowest BCUT2D eigenvalue weighted by Gasteiger charge is -2.05. The van der Waals surface area contributed by atoms with E-state index in [1.807, 2.05) is 18.5 Å². The molecule has 0 aliphatic heterocycles. The molecule has 0 aliphatic carbocycles. The number of rotatable bonds is 4. The van der Waals surface area contributed by atoms with E-state index in [0.29, 0.717) is 15.7 Å². The first kappa shape index (κ1) is 17.6. The van der Waals surface area contributed by atoms with Crippen LogP contribution in [0.2, 0.25) is 10.0 Å². The highest BCUT2D eigenvalue weighted by Crippen LogP contribution is 2.30. The Morgan fingerprint density at radius 2 is 1.68 bits per heavy atom. The molecule has 0 spiro atoms. The fourth-order valence-electron chi connectivity index (χ4n) is 2.56. The summed E-state index contributed by atoms with van der Waals surface area (Å²) in [5.41, 5.74) is 5.46. The molecule has 3 rings (SSSR count). The van der Waals surface area contributed by atoms with Crippen molar-refractivity contribution in [1.82, 2.24) is 9.78 Å². The van der Waals surface area contributed by atoms with Crippen LogP contribution in [0.25, 0.3) is 5.69 Å². The van der Waals surface area contributed by atoms with Gasteiger partial charge in [-0.05, 0) is 56.2 Å². The van der Waals surface area contributed by atoms with E-state index in [4.69, 9.17) is 23.2 Å². The van der Waals surface area contributed by atoms with Crippen molar-refractivity contribution in [2.45, 2.75) is 27.2 Å². The summed E-state index contributed by atoms with van der Waals surface area (Å²) >= 11 is 11.9. The first-order valence-electron chi connectivity index (χ1n) is 8.02. The second-order valence-corrected chi connectivity index (χ2v) is 6.56. The number of nitrogens with zero attached hydrogens (tertiary/aromatic N) is 4. The molecule has 0 amide bonds. The topological polar surface area (TPSA) is 42.5 Å². The SMILES string of the molecule is CCc1ccc(-n2nc(C)c(N=Nc3ccc(Cl)c(Cl)c3)c2C)cc1. The molecule has 25 heavy (non-hydrogen) atoms. The lowest BCUT2D eigenvalue weighted by molar-refractivity contribution is 0.832. The molecule has 0 aliphatic rings. The predicted molar refractivity (Wildman–Crippen MR) is 103 cm³/mol. The van der Waals surface area contributed by atoms with Crippen molar-refractivity contribution in [3.8, 4) is 5.69 Å². The van der Waals surface area contributed by atoms with Gasteiger partial charge in [0.05, 0.1) is 32.8 Å². The van der Waals surface area contributed by atoms with E-state index >= 15 is 0 Å². The van der Waals surface area contributed by atoms with Crippen LogP contribution in [0.4, 0.5) is 11.4 Å². The Labute approximate surface area is 157 Å².